The van der Waals surface area contributed by atoms with Crippen LogP contribution in [-0.2, 0) is 0 Å². The van der Waals surface area contributed by atoms with Crippen LogP contribution in [0, 0.1) is 13.8 Å². The van der Waals surface area contributed by atoms with Crippen molar-refractivity contribution in [3.05, 3.63) is 45.3 Å². The van der Waals surface area contributed by atoms with E-state index in [9.17, 15) is 0 Å². The second-order valence-corrected chi connectivity index (χ2v) is 5.00. The number of halogens is 2. The van der Waals surface area contributed by atoms with Gasteiger partial charge >= 0.3 is 0 Å². The molecule has 0 aliphatic heterocycles. The Balaban J connectivity index is 2.36. The summed E-state index contributed by atoms with van der Waals surface area (Å²) >= 11 is 9.22. The lowest BCUT2D eigenvalue weighted by Crippen LogP contribution is -1.99. The maximum Gasteiger partial charge on any atom is 0.224 e. The van der Waals surface area contributed by atoms with Gasteiger partial charge in [-0.2, -0.15) is 0 Å². The van der Waals surface area contributed by atoms with Crippen LogP contribution in [0.4, 0.5) is 11.5 Å². The van der Waals surface area contributed by atoms with Gasteiger partial charge in [-0.3, -0.25) is 0 Å². The van der Waals surface area contributed by atoms with Crippen LogP contribution in [-0.4, -0.2) is 9.97 Å². The molecular formula is C12H11BrClN3. The zero-order valence-corrected chi connectivity index (χ0v) is 11.8. The summed E-state index contributed by atoms with van der Waals surface area (Å²) in [7, 11) is 0. The van der Waals surface area contributed by atoms with Crippen molar-refractivity contribution in [1.82, 2.24) is 9.97 Å². The van der Waals surface area contributed by atoms with Crippen LogP contribution < -0.4 is 5.32 Å². The summed E-state index contributed by atoms with van der Waals surface area (Å²) in [6, 6.07) is 5.89. The van der Waals surface area contributed by atoms with Crippen LogP contribution in [0.5, 0.6) is 0 Å². The van der Waals surface area contributed by atoms with E-state index in [-0.39, 0.29) is 5.28 Å². The first-order valence-electron chi connectivity index (χ1n) is 5.08. The highest BCUT2D eigenvalue weighted by Crippen LogP contribution is 2.27. The van der Waals surface area contributed by atoms with E-state index in [4.69, 9.17) is 11.6 Å². The number of nitrogens with one attached hydrogen (secondary N) is 1. The van der Waals surface area contributed by atoms with E-state index < -0.39 is 0 Å². The number of hydrogen-bond acceptors (Lipinski definition) is 3. The van der Waals surface area contributed by atoms with Gasteiger partial charge in [0, 0.05) is 16.4 Å². The van der Waals surface area contributed by atoms with Gasteiger partial charge in [0.1, 0.15) is 5.82 Å². The zero-order chi connectivity index (χ0) is 12.4. The van der Waals surface area contributed by atoms with Crippen LogP contribution in [0.15, 0.2) is 28.9 Å². The van der Waals surface area contributed by atoms with Gasteiger partial charge in [0.25, 0.3) is 0 Å². The highest BCUT2D eigenvalue weighted by atomic mass is 79.9. The first-order valence-corrected chi connectivity index (χ1v) is 6.25. The molecule has 0 saturated carbocycles. The molecule has 5 heteroatoms. The smallest absolute Gasteiger partial charge is 0.224 e. The molecule has 0 aliphatic carbocycles. The van der Waals surface area contributed by atoms with Crippen molar-refractivity contribution in [3.63, 3.8) is 0 Å². The van der Waals surface area contributed by atoms with Crippen molar-refractivity contribution >= 4 is 39.0 Å². The summed E-state index contributed by atoms with van der Waals surface area (Å²) < 4.78 is 1.07. The quantitative estimate of drug-likeness (QED) is 0.842. The van der Waals surface area contributed by atoms with E-state index in [0.717, 1.165) is 21.3 Å². The van der Waals surface area contributed by atoms with Crippen molar-refractivity contribution in [3.8, 4) is 0 Å². The topological polar surface area (TPSA) is 37.8 Å². The van der Waals surface area contributed by atoms with Crippen molar-refractivity contribution in [2.45, 2.75) is 13.8 Å². The Morgan fingerprint density at radius 1 is 1.24 bits per heavy atom. The molecule has 0 radical (unpaired) electrons. The lowest BCUT2D eigenvalue weighted by Gasteiger charge is -2.12. The molecule has 1 N–H and O–H groups in total. The SMILES string of the molecule is Cc1cc(Br)cc(C)c1Nc1ccnc(Cl)n1. The lowest BCUT2D eigenvalue weighted by molar-refractivity contribution is 1.16. The lowest BCUT2D eigenvalue weighted by atomic mass is 10.1. The molecule has 0 spiro atoms. The minimum absolute atomic E-state index is 0.238. The standard InChI is InChI=1S/C12H11BrClN3/c1-7-5-9(13)6-8(2)11(7)16-10-3-4-15-12(14)17-10/h3-6H,1-2H3,(H,15,16,17). The third kappa shape index (κ3) is 2.96. The van der Waals surface area contributed by atoms with Gasteiger partial charge in [0.2, 0.25) is 5.28 Å². The number of aromatic nitrogens is 2. The normalized spacial score (nSPS) is 10.4. The summed E-state index contributed by atoms with van der Waals surface area (Å²) in [4.78, 5) is 7.95. The van der Waals surface area contributed by atoms with Crippen molar-refractivity contribution in [2.24, 2.45) is 0 Å². The van der Waals surface area contributed by atoms with Gasteiger partial charge < -0.3 is 5.32 Å². The molecule has 0 amide bonds. The van der Waals surface area contributed by atoms with Crippen LogP contribution in [0.2, 0.25) is 5.28 Å². The number of hydrogen-bond donors (Lipinski definition) is 1. The maximum absolute atomic E-state index is 5.75. The van der Waals surface area contributed by atoms with Crippen LogP contribution in [0.1, 0.15) is 11.1 Å². The Bertz CT molecular complexity index is 534. The third-order valence-corrected chi connectivity index (χ3v) is 3.02. The Morgan fingerprint density at radius 2 is 1.88 bits per heavy atom. The Kier molecular flexibility index (Phi) is 3.64. The molecule has 0 unspecified atom stereocenters. The first-order chi connectivity index (χ1) is 8.06. The van der Waals surface area contributed by atoms with Gasteiger partial charge in [-0.25, -0.2) is 9.97 Å². The van der Waals surface area contributed by atoms with Crippen LogP contribution >= 0.6 is 27.5 Å². The summed E-state index contributed by atoms with van der Waals surface area (Å²) in [6.45, 7) is 4.09. The number of rotatable bonds is 2. The minimum atomic E-state index is 0.238. The van der Waals surface area contributed by atoms with E-state index in [1.54, 1.807) is 12.3 Å². The van der Waals surface area contributed by atoms with Gasteiger partial charge in [-0.1, -0.05) is 15.9 Å². The maximum atomic E-state index is 5.75. The molecule has 0 aliphatic rings. The van der Waals surface area contributed by atoms with E-state index in [1.165, 1.54) is 0 Å². The van der Waals surface area contributed by atoms with Crippen LogP contribution in [0.3, 0.4) is 0 Å². The number of aryl methyl sites for hydroxylation is 2. The van der Waals surface area contributed by atoms with Crippen LogP contribution in [0.25, 0.3) is 0 Å². The molecule has 3 nitrogen and oxygen atoms in total. The van der Waals surface area contributed by atoms with Crippen molar-refractivity contribution in [2.75, 3.05) is 5.32 Å². The average molecular weight is 313 g/mol. The molecular weight excluding hydrogens is 302 g/mol. The Morgan fingerprint density at radius 3 is 2.47 bits per heavy atom. The predicted octanol–water partition coefficient (Wildman–Crippen LogP) is 4.25. The number of nitrogens with zero attached hydrogens (tertiary/aromatic N) is 2. The third-order valence-electron chi connectivity index (χ3n) is 2.38. The van der Waals surface area contributed by atoms with E-state index in [0.29, 0.717) is 5.82 Å². The Labute approximate surface area is 113 Å². The monoisotopic (exact) mass is 311 g/mol. The largest absolute Gasteiger partial charge is 0.340 e. The second-order valence-electron chi connectivity index (χ2n) is 3.75. The molecule has 2 aromatic rings. The fraction of sp³-hybridized carbons (Fsp3) is 0.167. The minimum Gasteiger partial charge on any atom is -0.340 e. The molecule has 0 saturated heterocycles. The van der Waals surface area contributed by atoms with Gasteiger partial charge in [0.15, 0.2) is 0 Å². The average Bonchev–Trinajstić information content (AvgIpc) is 2.23. The highest BCUT2D eigenvalue weighted by molar-refractivity contribution is 9.10. The molecule has 0 fully saturated rings. The molecule has 1 heterocycles. The predicted molar refractivity (Wildman–Crippen MR) is 73.9 cm³/mol. The van der Waals surface area contributed by atoms with Crippen molar-refractivity contribution < 1.29 is 0 Å². The Hall–Kier alpha value is -1.13. The van der Waals surface area contributed by atoms with E-state index >= 15 is 0 Å². The molecule has 88 valence electrons. The first kappa shape index (κ1) is 12.3. The summed E-state index contributed by atoms with van der Waals surface area (Å²) in [6.07, 6.45) is 1.63. The summed E-state index contributed by atoms with van der Waals surface area (Å²) in [5.74, 6) is 0.693. The molecule has 17 heavy (non-hydrogen) atoms. The van der Waals surface area contributed by atoms with Gasteiger partial charge in [-0.15, -0.1) is 0 Å². The fourth-order valence-corrected chi connectivity index (χ4v) is 2.47. The molecule has 0 atom stereocenters. The molecule has 2 rings (SSSR count). The highest BCUT2D eigenvalue weighted by Gasteiger charge is 2.05. The molecule has 0 bridgehead atoms. The fourth-order valence-electron chi connectivity index (χ4n) is 1.64. The zero-order valence-electron chi connectivity index (χ0n) is 9.46. The van der Waals surface area contributed by atoms with Gasteiger partial charge in [0.05, 0.1) is 0 Å². The second kappa shape index (κ2) is 5.02. The summed E-state index contributed by atoms with van der Waals surface area (Å²) in [5, 5.41) is 3.49. The van der Waals surface area contributed by atoms with Crippen molar-refractivity contribution in [1.29, 1.82) is 0 Å². The van der Waals surface area contributed by atoms with E-state index in [2.05, 4.69) is 43.3 Å². The molecule has 1 aromatic carbocycles. The number of benzene rings is 1. The molecule has 1 aromatic heterocycles. The number of anilines is 2. The van der Waals surface area contributed by atoms with Gasteiger partial charge in [-0.05, 0) is 54.8 Å². The van der Waals surface area contributed by atoms with E-state index in [1.807, 2.05) is 13.8 Å². The summed E-state index contributed by atoms with van der Waals surface area (Å²) in [5.41, 5.74) is 3.33.